The van der Waals surface area contributed by atoms with E-state index in [0.717, 1.165) is 43.7 Å². The predicted molar refractivity (Wildman–Crippen MR) is 90.8 cm³/mol. The number of amides is 1. The van der Waals surface area contributed by atoms with Gasteiger partial charge in [-0.25, -0.2) is 0 Å². The second-order valence-electron chi connectivity index (χ2n) is 6.55. The highest BCUT2D eigenvalue weighted by atomic mass is 16.5. The Kier molecular flexibility index (Phi) is 4.99. The number of hydrogen-bond acceptors (Lipinski definition) is 5. The van der Waals surface area contributed by atoms with Gasteiger partial charge in [0.2, 0.25) is 5.91 Å². The Bertz CT molecular complexity index is 693. The van der Waals surface area contributed by atoms with Gasteiger partial charge < -0.3 is 9.84 Å². The number of H-pyrrole nitrogens is 1. The van der Waals surface area contributed by atoms with Crippen molar-refractivity contribution in [2.75, 3.05) is 18.4 Å². The van der Waals surface area contributed by atoms with Crippen LogP contribution in [0.5, 0.6) is 0 Å². The largest absolute Gasteiger partial charge is 0.360 e. The smallest absolute Gasteiger partial charge is 0.242 e. The Labute approximate surface area is 141 Å². The molecule has 7 heteroatoms. The Morgan fingerprint density at radius 3 is 2.96 bits per heavy atom. The number of likely N-dealkylation sites (tertiary alicyclic amines) is 1. The van der Waals surface area contributed by atoms with Gasteiger partial charge in [0, 0.05) is 24.2 Å². The lowest BCUT2D eigenvalue weighted by Crippen LogP contribution is -2.48. The standard InChI is InChI=1S/C17H25N5O2/c1-4-15(17(23)18-16-9-12(3)24-21-16)22-7-5-6-13(10-22)14-8-11(2)19-20-14/h8-9,13,15H,4-7,10H2,1-3H3,(H,19,20)(H,18,21,23)/t13-,15+/m0/s1. The molecule has 0 aliphatic carbocycles. The van der Waals surface area contributed by atoms with Crippen molar-refractivity contribution in [1.29, 1.82) is 0 Å². The second-order valence-corrected chi connectivity index (χ2v) is 6.55. The van der Waals surface area contributed by atoms with E-state index in [1.165, 1.54) is 0 Å². The van der Waals surface area contributed by atoms with Crippen molar-refractivity contribution in [1.82, 2.24) is 20.3 Å². The first-order chi connectivity index (χ1) is 11.6. The summed E-state index contributed by atoms with van der Waals surface area (Å²) in [4.78, 5) is 14.9. The fourth-order valence-electron chi connectivity index (χ4n) is 3.42. The molecule has 0 spiro atoms. The van der Waals surface area contributed by atoms with Gasteiger partial charge in [-0.3, -0.25) is 14.8 Å². The molecule has 1 aliphatic heterocycles. The normalized spacial score (nSPS) is 20.0. The Morgan fingerprint density at radius 2 is 2.33 bits per heavy atom. The number of piperidine rings is 1. The SMILES string of the molecule is CC[C@H](C(=O)Nc1cc(C)on1)N1CCC[C@H](c2cc(C)[nH]n2)C1. The summed E-state index contributed by atoms with van der Waals surface area (Å²) in [5, 5.41) is 14.1. The van der Waals surface area contributed by atoms with Crippen LogP contribution in [0.2, 0.25) is 0 Å². The number of aromatic nitrogens is 3. The number of carbonyl (C=O) groups excluding carboxylic acids is 1. The zero-order valence-corrected chi connectivity index (χ0v) is 14.5. The van der Waals surface area contributed by atoms with E-state index in [0.29, 0.717) is 17.5 Å². The maximum atomic E-state index is 12.6. The topological polar surface area (TPSA) is 87.0 Å². The molecule has 2 aromatic heterocycles. The highest BCUT2D eigenvalue weighted by Gasteiger charge is 2.31. The first-order valence-electron chi connectivity index (χ1n) is 8.57. The number of nitrogens with zero attached hydrogens (tertiary/aromatic N) is 3. The van der Waals surface area contributed by atoms with E-state index in [1.807, 2.05) is 13.8 Å². The second kappa shape index (κ2) is 7.17. The molecule has 0 unspecified atom stereocenters. The lowest BCUT2D eigenvalue weighted by Gasteiger charge is -2.36. The third-order valence-corrected chi connectivity index (χ3v) is 4.61. The van der Waals surface area contributed by atoms with Crippen molar-refractivity contribution in [3.05, 3.63) is 29.3 Å². The molecule has 1 saturated heterocycles. The lowest BCUT2D eigenvalue weighted by molar-refractivity contribution is -0.122. The van der Waals surface area contributed by atoms with E-state index in [2.05, 4.69) is 31.6 Å². The molecule has 0 saturated carbocycles. The zero-order valence-electron chi connectivity index (χ0n) is 14.5. The van der Waals surface area contributed by atoms with Crippen LogP contribution < -0.4 is 5.32 Å². The molecular weight excluding hydrogens is 306 g/mol. The summed E-state index contributed by atoms with van der Waals surface area (Å²) in [6.07, 6.45) is 2.94. The fourth-order valence-corrected chi connectivity index (χ4v) is 3.42. The maximum absolute atomic E-state index is 12.6. The minimum atomic E-state index is -0.162. The van der Waals surface area contributed by atoms with E-state index >= 15 is 0 Å². The van der Waals surface area contributed by atoms with Crippen LogP contribution in [0.1, 0.15) is 49.3 Å². The van der Waals surface area contributed by atoms with Gasteiger partial charge in [0.05, 0.1) is 11.7 Å². The van der Waals surface area contributed by atoms with Gasteiger partial charge in [0.1, 0.15) is 5.76 Å². The molecule has 3 rings (SSSR count). The Balaban J connectivity index is 1.66. The van der Waals surface area contributed by atoms with Crippen molar-refractivity contribution in [3.8, 4) is 0 Å². The van der Waals surface area contributed by atoms with E-state index in [4.69, 9.17) is 4.52 Å². The molecular formula is C17H25N5O2. The van der Waals surface area contributed by atoms with Crippen LogP contribution in [0, 0.1) is 13.8 Å². The third kappa shape index (κ3) is 3.67. The maximum Gasteiger partial charge on any atom is 0.242 e. The Morgan fingerprint density at radius 1 is 1.50 bits per heavy atom. The van der Waals surface area contributed by atoms with Crippen molar-refractivity contribution in [2.24, 2.45) is 0 Å². The molecule has 24 heavy (non-hydrogen) atoms. The molecule has 1 fully saturated rings. The minimum Gasteiger partial charge on any atom is -0.360 e. The van der Waals surface area contributed by atoms with E-state index in [-0.39, 0.29) is 11.9 Å². The highest BCUT2D eigenvalue weighted by Crippen LogP contribution is 2.28. The summed E-state index contributed by atoms with van der Waals surface area (Å²) in [5.74, 6) is 1.52. The van der Waals surface area contributed by atoms with Gasteiger partial charge in [-0.1, -0.05) is 12.1 Å². The van der Waals surface area contributed by atoms with E-state index < -0.39 is 0 Å². The predicted octanol–water partition coefficient (Wildman–Crippen LogP) is 2.61. The van der Waals surface area contributed by atoms with Gasteiger partial charge in [0.15, 0.2) is 5.82 Å². The van der Waals surface area contributed by atoms with Crippen molar-refractivity contribution >= 4 is 11.7 Å². The molecule has 2 N–H and O–H groups in total. The van der Waals surface area contributed by atoms with Crippen LogP contribution in [0.3, 0.4) is 0 Å². The third-order valence-electron chi connectivity index (χ3n) is 4.61. The Hall–Kier alpha value is -2.15. The average Bonchev–Trinajstić information content (AvgIpc) is 3.17. The van der Waals surface area contributed by atoms with Crippen LogP contribution in [0.15, 0.2) is 16.7 Å². The van der Waals surface area contributed by atoms with Crippen molar-refractivity contribution < 1.29 is 9.32 Å². The molecule has 0 bridgehead atoms. The summed E-state index contributed by atoms with van der Waals surface area (Å²) in [5.41, 5.74) is 2.17. The number of aromatic amines is 1. The van der Waals surface area contributed by atoms with E-state index in [9.17, 15) is 4.79 Å². The summed E-state index contributed by atoms with van der Waals surface area (Å²) < 4.78 is 5.01. The van der Waals surface area contributed by atoms with Crippen molar-refractivity contribution in [3.63, 3.8) is 0 Å². The number of aryl methyl sites for hydroxylation is 2. The number of hydrogen-bond donors (Lipinski definition) is 2. The quantitative estimate of drug-likeness (QED) is 0.879. The number of anilines is 1. The molecule has 0 radical (unpaired) electrons. The van der Waals surface area contributed by atoms with Gasteiger partial charge in [0.25, 0.3) is 0 Å². The molecule has 2 atom stereocenters. The van der Waals surface area contributed by atoms with Crippen LogP contribution in [-0.4, -0.2) is 45.3 Å². The number of nitrogens with one attached hydrogen (secondary N) is 2. The molecule has 1 aliphatic rings. The zero-order chi connectivity index (χ0) is 17.1. The minimum absolute atomic E-state index is 0.0235. The fraction of sp³-hybridized carbons (Fsp3) is 0.588. The number of carbonyl (C=O) groups is 1. The van der Waals surface area contributed by atoms with Crippen LogP contribution >= 0.6 is 0 Å². The molecule has 3 heterocycles. The number of rotatable bonds is 5. The average molecular weight is 331 g/mol. The highest BCUT2D eigenvalue weighted by molar-refractivity contribution is 5.94. The van der Waals surface area contributed by atoms with Gasteiger partial charge in [-0.2, -0.15) is 5.10 Å². The monoisotopic (exact) mass is 331 g/mol. The first-order valence-corrected chi connectivity index (χ1v) is 8.57. The van der Waals surface area contributed by atoms with Gasteiger partial charge in [-0.15, -0.1) is 0 Å². The van der Waals surface area contributed by atoms with Crippen LogP contribution in [0.25, 0.3) is 0 Å². The summed E-state index contributed by atoms with van der Waals surface area (Å²) in [6, 6.07) is 3.67. The molecule has 0 aromatic carbocycles. The van der Waals surface area contributed by atoms with E-state index in [1.54, 1.807) is 13.0 Å². The summed E-state index contributed by atoms with van der Waals surface area (Å²) >= 11 is 0. The van der Waals surface area contributed by atoms with Gasteiger partial charge in [-0.05, 0) is 45.7 Å². The summed E-state index contributed by atoms with van der Waals surface area (Å²) in [6.45, 7) is 7.65. The first kappa shape index (κ1) is 16.7. The molecule has 1 amide bonds. The van der Waals surface area contributed by atoms with Gasteiger partial charge >= 0.3 is 0 Å². The molecule has 7 nitrogen and oxygen atoms in total. The molecule has 130 valence electrons. The van der Waals surface area contributed by atoms with Crippen LogP contribution in [0.4, 0.5) is 5.82 Å². The van der Waals surface area contributed by atoms with Crippen molar-refractivity contribution in [2.45, 2.75) is 52.0 Å². The summed E-state index contributed by atoms with van der Waals surface area (Å²) in [7, 11) is 0. The molecule has 2 aromatic rings. The van der Waals surface area contributed by atoms with Crippen LogP contribution in [-0.2, 0) is 4.79 Å². The lowest BCUT2D eigenvalue weighted by atomic mass is 9.93.